The molecule has 7 heteroatoms. The van der Waals surface area contributed by atoms with Crippen LogP contribution in [0.3, 0.4) is 0 Å². The molecule has 0 fully saturated rings. The molecule has 0 aromatic heterocycles. The summed E-state index contributed by atoms with van der Waals surface area (Å²) in [5, 5.41) is 5.46. The first kappa shape index (κ1) is 19.2. The average Bonchev–Trinajstić information content (AvgIpc) is 2.58. The van der Waals surface area contributed by atoms with Gasteiger partial charge in [-0.15, -0.1) is 0 Å². The van der Waals surface area contributed by atoms with E-state index in [0.717, 1.165) is 0 Å². The molecule has 24 heavy (non-hydrogen) atoms. The predicted octanol–water partition coefficient (Wildman–Crippen LogP) is 1.71. The zero-order chi connectivity index (χ0) is 17.9. The molecule has 0 saturated carbocycles. The highest BCUT2D eigenvalue weighted by molar-refractivity contribution is 5.97. The van der Waals surface area contributed by atoms with E-state index in [1.807, 2.05) is 0 Å². The lowest BCUT2D eigenvalue weighted by atomic mass is 10.1. The molecule has 2 N–H and O–H groups in total. The minimum Gasteiger partial charge on any atom is -0.465 e. The number of rotatable bonds is 8. The third-order valence-electron chi connectivity index (χ3n) is 2.99. The van der Waals surface area contributed by atoms with Crippen molar-refractivity contribution in [1.29, 1.82) is 0 Å². The van der Waals surface area contributed by atoms with Gasteiger partial charge in [-0.25, -0.2) is 0 Å². The molecule has 0 aliphatic rings. The Bertz CT molecular complexity index is 578. The van der Waals surface area contributed by atoms with Crippen LogP contribution in [0.15, 0.2) is 36.5 Å². The number of carbonyl (C=O) groups is 3. The van der Waals surface area contributed by atoms with Crippen molar-refractivity contribution >= 4 is 23.5 Å². The van der Waals surface area contributed by atoms with Gasteiger partial charge < -0.3 is 20.1 Å². The Kier molecular flexibility index (Phi) is 8.04. The Hall–Kier alpha value is -2.83. The third-order valence-corrected chi connectivity index (χ3v) is 2.99. The largest absolute Gasteiger partial charge is 0.465 e. The van der Waals surface area contributed by atoms with Gasteiger partial charge in [-0.2, -0.15) is 0 Å². The van der Waals surface area contributed by atoms with E-state index in [1.165, 1.54) is 12.3 Å². The molecule has 7 nitrogen and oxygen atoms in total. The molecule has 0 radical (unpaired) electrons. The second-order valence-corrected chi connectivity index (χ2v) is 4.64. The molecule has 0 bridgehead atoms. The Morgan fingerprint density at radius 3 is 2.04 bits per heavy atom. The molecule has 1 aromatic carbocycles. The van der Waals surface area contributed by atoms with Crippen LogP contribution in [0.4, 0.5) is 5.69 Å². The van der Waals surface area contributed by atoms with Crippen LogP contribution in [0.1, 0.15) is 24.2 Å². The zero-order valence-electron chi connectivity index (χ0n) is 14.0. The first-order valence-corrected chi connectivity index (χ1v) is 7.62. The average molecular weight is 334 g/mol. The second-order valence-electron chi connectivity index (χ2n) is 4.64. The van der Waals surface area contributed by atoms with Crippen molar-refractivity contribution in [1.82, 2.24) is 5.32 Å². The summed E-state index contributed by atoms with van der Waals surface area (Å²) in [7, 11) is 1.56. The van der Waals surface area contributed by atoms with Crippen molar-refractivity contribution in [2.45, 2.75) is 13.8 Å². The van der Waals surface area contributed by atoms with Crippen LogP contribution in [0.25, 0.3) is 0 Å². The fourth-order valence-corrected chi connectivity index (χ4v) is 1.82. The van der Waals surface area contributed by atoms with E-state index in [2.05, 4.69) is 10.6 Å². The molecular formula is C17H22N2O5. The first-order chi connectivity index (χ1) is 11.5. The normalized spacial score (nSPS) is 10.5. The van der Waals surface area contributed by atoms with Crippen LogP contribution in [0.2, 0.25) is 0 Å². The predicted molar refractivity (Wildman–Crippen MR) is 89.4 cm³/mol. The molecule has 1 aromatic rings. The maximum atomic E-state index is 11.8. The molecule has 130 valence electrons. The lowest BCUT2D eigenvalue weighted by Gasteiger charge is -2.11. The van der Waals surface area contributed by atoms with Crippen LogP contribution in [0.5, 0.6) is 0 Å². The SMILES string of the molecule is CCOC(=O)C(/C=C/Nc1ccc(C(=O)NC)cc1)C(=O)OCC. The minimum atomic E-state index is -1.12. The van der Waals surface area contributed by atoms with E-state index in [4.69, 9.17) is 9.47 Å². The number of anilines is 1. The van der Waals surface area contributed by atoms with Crippen molar-refractivity contribution < 1.29 is 23.9 Å². The number of benzene rings is 1. The molecular weight excluding hydrogens is 312 g/mol. The van der Waals surface area contributed by atoms with Gasteiger partial charge in [-0.3, -0.25) is 14.4 Å². The molecule has 0 heterocycles. The second kappa shape index (κ2) is 10.0. The van der Waals surface area contributed by atoms with Crippen molar-refractivity contribution in [3.8, 4) is 0 Å². The Labute approximate surface area is 141 Å². The molecule has 0 aliphatic heterocycles. The van der Waals surface area contributed by atoms with Gasteiger partial charge in [-0.1, -0.05) is 0 Å². The number of nitrogens with one attached hydrogen (secondary N) is 2. The van der Waals surface area contributed by atoms with Gasteiger partial charge in [0.25, 0.3) is 5.91 Å². The first-order valence-electron chi connectivity index (χ1n) is 7.62. The Balaban J connectivity index is 2.74. The van der Waals surface area contributed by atoms with E-state index >= 15 is 0 Å². The number of hydrogen-bond acceptors (Lipinski definition) is 6. The van der Waals surface area contributed by atoms with E-state index < -0.39 is 17.9 Å². The van der Waals surface area contributed by atoms with Gasteiger partial charge in [0.1, 0.15) is 0 Å². The number of esters is 2. The van der Waals surface area contributed by atoms with Gasteiger partial charge >= 0.3 is 11.9 Å². The molecule has 1 rings (SSSR count). The number of amides is 1. The van der Waals surface area contributed by atoms with E-state index in [-0.39, 0.29) is 19.1 Å². The van der Waals surface area contributed by atoms with Gasteiger partial charge in [0.2, 0.25) is 0 Å². The van der Waals surface area contributed by atoms with Crippen LogP contribution in [0, 0.1) is 5.92 Å². The van der Waals surface area contributed by atoms with Crippen LogP contribution in [-0.4, -0.2) is 38.1 Å². The lowest BCUT2D eigenvalue weighted by molar-refractivity contribution is -0.158. The fourth-order valence-electron chi connectivity index (χ4n) is 1.82. The van der Waals surface area contributed by atoms with Crippen molar-refractivity contribution in [2.75, 3.05) is 25.6 Å². The van der Waals surface area contributed by atoms with Gasteiger partial charge in [0.15, 0.2) is 5.92 Å². The van der Waals surface area contributed by atoms with Crippen molar-refractivity contribution in [3.63, 3.8) is 0 Å². The highest BCUT2D eigenvalue weighted by Crippen LogP contribution is 2.11. The molecule has 0 saturated heterocycles. The Morgan fingerprint density at radius 2 is 1.58 bits per heavy atom. The van der Waals surface area contributed by atoms with Crippen LogP contribution >= 0.6 is 0 Å². The summed E-state index contributed by atoms with van der Waals surface area (Å²) in [5.41, 5.74) is 1.23. The van der Waals surface area contributed by atoms with Crippen LogP contribution < -0.4 is 10.6 Å². The highest BCUT2D eigenvalue weighted by atomic mass is 16.6. The molecule has 0 atom stereocenters. The fraction of sp³-hybridized carbons (Fsp3) is 0.353. The smallest absolute Gasteiger partial charge is 0.324 e. The van der Waals surface area contributed by atoms with E-state index in [0.29, 0.717) is 11.3 Å². The summed E-state index contributed by atoms with van der Waals surface area (Å²) in [6, 6.07) is 6.73. The topological polar surface area (TPSA) is 93.7 Å². The molecule has 0 aliphatic carbocycles. The number of carbonyl (C=O) groups excluding carboxylic acids is 3. The van der Waals surface area contributed by atoms with Gasteiger partial charge in [0.05, 0.1) is 13.2 Å². The molecule has 1 amide bonds. The molecule has 0 unspecified atom stereocenters. The summed E-state index contributed by atoms with van der Waals surface area (Å²) in [6.07, 6.45) is 2.84. The van der Waals surface area contributed by atoms with E-state index in [9.17, 15) is 14.4 Å². The number of ether oxygens (including phenoxy) is 2. The monoisotopic (exact) mass is 334 g/mol. The minimum absolute atomic E-state index is 0.178. The summed E-state index contributed by atoms with van der Waals surface area (Å²) < 4.78 is 9.73. The van der Waals surface area contributed by atoms with Crippen LogP contribution in [-0.2, 0) is 19.1 Å². The third kappa shape index (κ3) is 5.75. The maximum absolute atomic E-state index is 11.8. The zero-order valence-corrected chi connectivity index (χ0v) is 14.0. The summed E-state index contributed by atoms with van der Waals surface area (Å²) in [4.78, 5) is 35.1. The number of hydrogen-bond donors (Lipinski definition) is 2. The molecule has 0 spiro atoms. The van der Waals surface area contributed by atoms with Gasteiger partial charge in [-0.05, 0) is 50.4 Å². The van der Waals surface area contributed by atoms with Crippen molar-refractivity contribution in [3.05, 3.63) is 42.1 Å². The highest BCUT2D eigenvalue weighted by Gasteiger charge is 2.26. The van der Waals surface area contributed by atoms with Crippen molar-refractivity contribution in [2.24, 2.45) is 5.92 Å². The summed E-state index contributed by atoms with van der Waals surface area (Å²) in [5.74, 6) is -2.63. The van der Waals surface area contributed by atoms with E-state index in [1.54, 1.807) is 45.2 Å². The maximum Gasteiger partial charge on any atom is 0.324 e. The quantitative estimate of drug-likeness (QED) is 0.555. The summed E-state index contributed by atoms with van der Waals surface area (Å²) >= 11 is 0. The summed E-state index contributed by atoms with van der Waals surface area (Å²) in [6.45, 7) is 3.68. The lowest BCUT2D eigenvalue weighted by Crippen LogP contribution is -2.26. The standard InChI is InChI=1S/C17H22N2O5/c1-4-23-16(21)14(17(22)24-5-2)10-11-19-13-8-6-12(7-9-13)15(20)18-3/h6-11,14,19H,4-5H2,1-3H3,(H,18,20)/b11-10+. The Morgan fingerprint density at radius 1 is 1.04 bits per heavy atom. The van der Waals surface area contributed by atoms with Gasteiger partial charge in [0, 0.05) is 18.3 Å².